The highest BCUT2D eigenvalue weighted by Crippen LogP contribution is 2.25. The molecule has 146 valence electrons. The molecular weight excluding hydrogens is 344 g/mol. The van der Waals surface area contributed by atoms with E-state index < -0.39 is 0 Å². The van der Waals surface area contributed by atoms with Gasteiger partial charge in [-0.05, 0) is 32.8 Å². The molecule has 2 aliphatic heterocycles. The summed E-state index contributed by atoms with van der Waals surface area (Å²) in [6.45, 7) is 9.57. The molecule has 27 heavy (non-hydrogen) atoms. The van der Waals surface area contributed by atoms with E-state index in [1.807, 2.05) is 10.7 Å². The molecule has 0 spiro atoms. The van der Waals surface area contributed by atoms with E-state index in [4.69, 9.17) is 10.5 Å². The number of rotatable bonds is 4. The summed E-state index contributed by atoms with van der Waals surface area (Å²) in [6, 6.07) is 2.29. The minimum atomic E-state index is -0.0918. The van der Waals surface area contributed by atoms with Gasteiger partial charge in [0, 0.05) is 38.9 Å². The van der Waals surface area contributed by atoms with Gasteiger partial charge in [-0.15, -0.1) is 5.10 Å². The monoisotopic (exact) mass is 372 g/mol. The zero-order chi connectivity index (χ0) is 18.9. The van der Waals surface area contributed by atoms with E-state index in [9.17, 15) is 0 Å². The van der Waals surface area contributed by atoms with Crippen LogP contribution < -0.4 is 10.6 Å². The summed E-state index contributed by atoms with van der Waals surface area (Å²) in [5.41, 5.74) is 6.63. The molecule has 0 bridgehead atoms. The largest absolute Gasteiger partial charge is 0.373 e. The molecule has 4 heterocycles. The van der Waals surface area contributed by atoms with E-state index in [0.717, 1.165) is 63.7 Å². The fourth-order valence-electron chi connectivity index (χ4n) is 3.94. The minimum Gasteiger partial charge on any atom is -0.373 e. The Kier molecular flexibility index (Phi) is 4.96. The number of nitrogen functional groups attached to an aromatic ring is 1. The summed E-state index contributed by atoms with van der Waals surface area (Å²) in [5.74, 6) is 1.22. The zero-order valence-corrected chi connectivity index (χ0v) is 16.1. The Labute approximate surface area is 159 Å². The Morgan fingerprint density at radius 1 is 1.26 bits per heavy atom. The molecular formula is C18H28N8O. The third-order valence-electron chi connectivity index (χ3n) is 5.27. The van der Waals surface area contributed by atoms with Gasteiger partial charge < -0.3 is 15.4 Å². The molecule has 0 saturated carbocycles. The summed E-state index contributed by atoms with van der Waals surface area (Å²) >= 11 is 0. The maximum absolute atomic E-state index is 5.78. The van der Waals surface area contributed by atoms with Crippen molar-refractivity contribution in [3.05, 3.63) is 24.2 Å². The first-order valence-electron chi connectivity index (χ1n) is 9.59. The summed E-state index contributed by atoms with van der Waals surface area (Å²) in [5, 5.41) is 8.80. The second-order valence-corrected chi connectivity index (χ2v) is 8.00. The van der Waals surface area contributed by atoms with Crippen LogP contribution in [0.3, 0.4) is 0 Å². The highest BCUT2D eigenvalue weighted by molar-refractivity contribution is 5.41. The standard InChI is InChI=1S/C18H28N8O/c1-18(2)13-24(9-10-27-18)11-14-12-26(23-22-14)15-4-7-25(8-5-15)16-3-6-20-17(19)21-16/h3,6,12,15H,4-5,7-11,13H2,1-2H3,(H2,19,20,21). The molecule has 4 rings (SSSR count). The molecule has 2 aliphatic rings. The van der Waals surface area contributed by atoms with Crippen molar-refractivity contribution in [2.45, 2.75) is 44.9 Å². The van der Waals surface area contributed by atoms with Crippen LogP contribution in [0.1, 0.15) is 38.4 Å². The third kappa shape index (κ3) is 4.36. The molecule has 2 N–H and O–H groups in total. The van der Waals surface area contributed by atoms with Gasteiger partial charge in [0.1, 0.15) is 5.82 Å². The van der Waals surface area contributed by atoms with Gasteiger partial charge in [0.15, 0.2) is 0 Å². The molecule has 9 nitrogen and oxygen atoms in total. The lowest BCUT2D eigenvalue weighted by Gasteiger charge is -2.37. The Bertz CT molecular complexity index is 768. The first-order valence-corrected chi connectivity index (χ1v) is 9.59. The van der Waals surface area contributed by atoms with Gasteiger partial charge >= 0.3 is 0 Å². The Morgan fingerprint density at radius 3 is 2.81 bits per heavy atom. The Hall–Kier alpha value is -2.26. The fraction of sp³-hybridized carbons (Fsp3) is 0.667. The molecule has 9 heteroatoms. The second-order valence-electron chi connectivity index (χ2n) is 8.00. The number of nitrogens with zero attached hydrogens (tertiary/aromatic N) is 7. The topological polar surface area (TPSA) is 98.2 Å². The van der Waals surface area contributed by atoms with Gasteiger partial charge in [-0.25, -0.2) is 9.67 Å². The minimum absolute atomic E-state index is 0.0918. The molecule has 0 radical (unpaired) electrons. The van der Waals surface area contributed by atoms with E-state index in [2.05, 4.69) is 50.1 Å². The van der Waals surface area contributed by atoms with Crippen molar-refractivity contribution in [1.82, 2.24) is 29.9 Å². The third-order valence-corrected chi connectivity index (χ3v) is 5.27. The molecule has 2 aromatic heterocycles. The van der Waals surface area contributed by atoms with Crippen LogP contribution in [0.15, 0.2) is 18.5 Å². The molecule has 0 atom stereocenters. The van der Waals surface area contributed by atoms with Crippen LogP contribution >= 0.6 is 0 Å². The van der Waals surface area contributed by atoms with Crippen LogP contribution in [0.5, 0.6) is 0 Å². The van der Waals surface area contributed by atoms with E-state index in [0.29, 0.717) is 12.0 Å². The molecule has 0 unspecified atom stereocenters. The first kappa shape index (κ1) is 18.1. The molecule has 2 fully saturated rings. The normalized spacial score (nSPS) is 21.5. The van der Waals surface area contributed by atoms with Crippen molar-refractivity contribution in [1.29, 1.82) is 0 Å². The number of piperidine rings is 1. The van der Waals surface area contributed by atoms with E-state index in [1.54, 1.807) is 6.20 Å². The predicted octanol–water partition coefficient (Wildman–Crippen LogP) is 1.10. The van der Waals surface area contributed by atoms with Crippen LogP contribution in [0, 0.1) is 0 Å². The average molecular weight is 372 g/mol. The van der Waals surface area contributed by atoms with Gasteiger partial charge in [-0.1, -0.05) is 5.21 Å². The van der Waals surface area contributed by atoms with E-state index in [1.165, 1.54) is 0 Å². The summed E-state index contributed by atoms with van der Waals surface area (Å²) < 4.78 is 7.82. The first-order chi connectivity index (χ1) is 13.0. The summed E-state index contributed by atoms with van der Waals surface area (Å²) in [6.07, 6.45) is 5.83. The van der Waals surface area contributed by atoms with E-state index in [-0.39, 0.29) is 5.60 Å². The number of anilines is 2. The number of hydrogen-bond donors (Lipinski definition) is 1. The van der Waals surface area contributed by atoms with Gasteiger partial charge in [0.25, 0.3) is 0 Å². The summed E-state index contributed by atoms with van der Waals surface area (Å²) in [4.78, 5) is 12.9. The maximum Gasteiger partial charge on any atom is 0.221 e. The fourth-order valence-corrected chi connectivity index (χ4v) is 3.94. The van der Waals surface area contributed by atoms with Gasteiger partial charge in [0.2, 0.25) is 5.95 Å². The smallest absolute Gasteiger partial charge is 0.221 e. The van der Waals surface area contributed by atoms with Gasteiger partial charge in [0.05, 0.1) is 30.1 Å². The maximum atomic E-state index is 5.78. The van der Waals surface area contributed by atoms with Crippen molar-refractivity contribution < 1.29 is 4.74 Å². The average Bonchev–Trinajstić information content (AvgIpc) is 3.09. The second kappa shape index (κ2) is 7.40. The van der Waals surface area contributed by atoms with E-state index >= 15 is 0 Å². The van der Waals surface area contributed by atoms with Crippen LogP contribution in [0.4, 0.5) is 11.8 Å². The number of nitrogens with two attached hydrogens (primary N) is 1. The van der Waals surface area contributed by atoms with Crippen molar-refractivity contribution >= 4 is 11.8 Å². The number of hydrogen-bond acceptors (Lipinski definition) is 8. The number of aromatic nitrogens is 5. The predicted molar refractivity (Wildman–Crippen MR) is 102 cm³/mol. The van der Waals surface area contributed by atoms with Crippen LogP contribution in [-0.4, -0.2) is 68.2 Å². The Morgan fingerprint density at radius 2 is 2.07 bits per heavy atom. The lowest BCUT2D eigenvalue weighted by atomic mass is 10.1. The van der Waals surface area contributed by atoms with Crippen LogP contribution in [0.2, 0.25) is 0 Å². The molecule has 0 aromatic carbocycles. The highest BCUT2D eigenvalue weighted by atomic mass is 16.5. The molecule has 0 amide bonds. The van der Waals surface area contributed by atoms with Crippen molar-refractivity contribution in [3.8, 4) is 0 Å². The lowest BCUT2D eigenvalue weighted by molar-refractivity contribution is -0.0885. The van der Waals surface area contributed by atoms with Crippen LogP contribution in [0.25, 0.3) is 0 Å². The molecule has 2 aromatic rings. The number of morpholine rings is 1. The van der Waals surface area contributed by atoms with Gasteiger partial charge in [-0.3, -0.25) is 4.90 Å². The SMILES string of the molecule is CC1(C)CN(Cc2cn(C3CCN(c4ccnc(N)n4)CC3)nn2)CCO1. The molecule has 2 saturated heterocycles. The van der Waals surface area contributed by atoms with Crippen molar-refractivity contribution in [2.24, 2.45) is 0 Å². The number of ether oxygens (including phenoxy) is 1. The van der Waals surface area contributed by atoms with Crippen molar-refractivity contribution in [3.63, 3.8) is 0 Å². The summed E-state index contributed by atoms with van der Waals surface area (Å²) in [7, 11) is 0. The highest BCUT2D eigenvalue weighted by Gasteiger charge is 2.28. The van der Waals surface area contributed by atoms with Crippen LogP contribution in [-0.2, 0) is 11.3 Å². The van der Waals surface area contributed by atoms with Crippen molar-refractivity contribution in [2.75, 3.05) is 43.4 Å². The quantitative estimate of drug-likeness (QED) is 0.852. The lowest BCUT2D eigenvalue weighted by Crippen LogP contribution is -2.47. The zero-order valence-electron chi connectivity index (χ0n) is 16.1. The molecule has 0 aliphatic carbocycles. The Balaban J connectivity index is 1.33. The van der Waals surface area contributed by atoms with Gasteiger partial charge in [-0.2, -0.15) is 4.98 Å².